The molecular formula is C13H22N2. The fraction of sp³-hybridized carbons (Fsp3) is 0.846. The Balaban J connectivity index is 1.75. The summed E-state index contributed by atoms with van der Waals surface area (Å²) < 4.78 is 0. The van der Waals surface area contributed by atoms with Crippen LogP contribution >= 0.6 is 0 Å². The third kappa shape index (κ3) is 3.52. The molecule has 84 valence electrons. The van der Waals surface area contributed by atoms with E-state index in [4.69, 9.17) is 12.2 Å². The predicted molar refractivity (Wildman–Crippen MR) is 63.3 cm³/mol. The Morgan fingerprint density at radius 1 is 1.13 bits per heavy atom. The van der Waals surface area contributed by atoms with Crippen LogP contribution in [0.5, 0.6) is 0 Å². The van der Waals surface area contributed by atoms with Crippen molar-refractivity contribution in [1.82, 2.24) is 4.90 Å². The second-order valence-corrected chi connectivity index (χ2v) is 5.28. The lowest BCUT2D eigenvalue weighted by molar-refractivity contribution is 0.247. The van der Waals surface area contributed by atoms with E-state index in [9.17, 15) is 0 Å². The molecule has 2 saturated carbocycles. The lowest BCUT2D eigenvalue weighted by Crippen LogP contribution is -2.31. The summed E-state index contributed by atoms with van der Waals surface area (Å²) in [6.45, 7) is 3.21. The normalized spacial score (nSPS) is 30.7. The predicted octanol–water partition coefficient (Wildman–Crippen LogP) is 1.46. The topological polar surface area (TPSA) is 29.3 Å². The minimum absolute atomic E-state index is 0.448. The summed E-state index contributed by atoms with van der Waals surface area (Å²) in [6.07, 6.45) is 11.9. The molecule has 2 atom stereocenters. The van der Waals surface area contributed by atoms with Crippen molar-refractivity contribution in [1.29, 1.82) is 0 Å². The van der Waals surface area contributed by atoms with Gasteiger partial charge in [-0.05, 0) is 43.9 Å². The van der Waals surface area contributed by atoms with Gasteiger partial charge < -0.3 is 5.73 Å². The zero-order chi connectivity index (χ0) is 10.7. The van der Waals surface area contributed by atoms with E-state index < -0.39 is 0 Å². The molecule has 2 rings (SSSR count). The highest BCUT2D eigenvalue weighted by Gasteiger charge is 2.27. The third-order valence-electron chi connectivity index (χ3n) is 3.63. The molecular weight excluding hydrogens is 184 g/mol. The van der Waals surface area contributed by atoms with Crippen LogP contribution in [-0.4, -0.2) is 30.6 Å². The molecule has 0 amide bonds. The molecule has 15 heavy (non-hydrogen) atoms. The van der Waals surface area contributed by atoms with Crippen LogP contribution in [-0.2, 0) is 0 Å². The Labute approximate surface area is 93.2 Å². The molecule has 2 aliphatic rings. The first-order chi connectivity index (χ1) is 7.28. The summed E-state index contributed by atoms with van der Waals surface area (Å²) in [5.41, 5.74) is 5.93. The molecule has 0 aromatic heterocycles. The van der Waals surface area contributed by atoms with Crippen molar-refractivity contribution >= 4 is 0 Å². The summed E-state index contributed by atoms with van der Waals surface area (Å²) in [5, 5.41) is 0. The highest BCUT2D eigenvalue weighted by atomic mass is 15.1. The highest BCUT2D eigenvalue weighted by molar-refractivity contribution is 4.91. The molecule has 0 heterocycles. The van der Waals surface area contributed by atoms with Crippen molar-refractivity contribution in [2.75, 3.05) is 19.6 Å². The van der Waals surface area contributed by atoms with Gasteiger partial charge in [0.1, 0.15) is 0 Å². The molecule has 0 aromatic carbocycles. The maximum atomic E-state index is 5.93. The summed E-state index contributed by atoms with van der Waals surface area (Å²) in [6, 6.07) is 0.448. The molecule has 2 unspecified atom stereocenters. The average Bonchev–Trinajstić information content (AvgIpc) is 2.90. The van der Waals surface area contributed by atoms with Gasteiger partial charge in [0.15, 0.2) is 0 Å². The number of hydrogen-bond donors (Lipinski definition) is 1. The van der Waals surface area contributed by atoms with Crippen molar-refractivity contribution in [2.24, 2.45) is 17.6 Å². The maximum Gasteiger partial charge on any atom is 0.0599 e. The van der Waals surface area contributed by atoms with Gasteiger partial charge in [0.25, 0.3) is 0 Å². The van der Waals surface area contributed by atoms with Gasteiger partial charge in [0.2, 0.25) is 0 Å². The minimum Gasteiger partial charge on any atom is -0.328 e. The third-order valence-corrected chi connectivity index (χ3v) is 3.63. The maximum absolute atomic E-state index is 5.93. The highest BCUT2D eigenvalue weighted by Crippen LogP contribution is 2.31. The van der Waals surface area contributed by atoms with E-state index in [2.05, 4.69) is 10.8 Å². The summed E-state index contributed by atoms with van der Waals surface area (Å²) in [7, 11) is 0. The molecule has 0 bridgehead atoms. The van der Waals surface area contributed by atoms with Crippen molar-refractivity contribution in [3.8, 4) is 12.3 Å². The van der Waals surface area contributed by atoms with Crippen LogP contribution in [0, 0.1) is 24.2 Å². The molecule has 0 radical (unpaired) electrons. The van der Waals surface area contributed by atoms with Crippen LogP contribution in [0.1, 0.15) is 32.1 Å². The second-order valence-electron chi connectivity index (χ2n) is 5.28. The second kappa shape index (κ2) is 5.01. The standard InChI is InChI=1S/C13H22N2/c1-2-7-15(9-11-3-4-11)10-12-5-6-13(14)8-12/h1,11-13H,3-10,14H2. The van der Waals surface area contributed by atoms with Crippen LogP contribution in [0.15, 0.2) is 0 Å². The lowest BCUT2D eigenvalue weighted by atomic mass is 10.1. The average molecular weight is 206 g/mol. The largest absolute Gasteiger partial charge is 0.328 e. The minimum atomic E-state index is 0.448. The van der Waals surface area contributed by atoms with Gasteiger partial charge in [-0.15, -0.1) is 6.42 Å². The number of nitrogens with zero attached hydrogens (tertiary/aromatic N) is 1. The quantitative estimate of drug-likeness (QED) is 0.690. The van der Waals surface area contributed by atoms with E-state index in [0.717, 1.165) is 18.4 Å². The summed E-state index contributed by atoms with van der Waals surface area (Å²) >= 11 is 0. The van der Waals surface area contributed by atoms with Gasteiger partial charge in [-0.2, -0.15) is 0 Å². The molecule has 0 aliphatic heterocycles. The van der Waals surface area contributed by atoms with E-state index in [1.165, 1.54) is 45.2 Å². The van der Waals surface area contributed by atoms with E-state index in [1.807, 2.05) is 0 Å². The fourth-order valence-corrected chi connectivity index (χ4v) is 2.64. The van der Waals surface area contributed by atoms with Crippen LogP contribution in [0.2, 0.25) is 0 Å². The first-order valence-electron chi connectivity index (χ1n) is 6.19. The first-order valence-corrected chi connectivity index (χ1v) is 6.19. The molecule has 2 aliphatic carbocycles. The molecule has 2 heteroatoms. The van der Waals surface area contributed by atoms with E-state index in [0.29, 0.717) is 6.04 Å². The van der Waals surface area contributed by atoms with Gasteiger partial charge in [0.05, 0.1) is 6.54 Å². The van der Waals surface area contributed by atoms with Gasteiger partial charge in [-0.25, -0.2) is 0 Å². The Morgan fingerprint density at radius 2 is 1.80 bits per heavy atom. The Hall–Kier alpha value is -0.520. The van der Waals surface area contributed by atoms with E-state index in [-0.39, 0.29) is 0 Å². The van der Waals surface area contributed by atoms with Crippen molar-refractivity contribution in [2.45, 2.75) is 38.1 Å². The smallest absolute Gasteiger partial charge is 0.0599 e. The van der Waals surface area contributed by atoms with Crippen LogP contribution < -0.4 is 5.73 Å². The van der Waals surface area contributed by atoms with E-state index >= 15 is 0 Å². The zero-order valence-corrected chi connectivity index (χ0v) is 9.49. The number of terminal acetylenes is 1. The Kier molecular flexibility index (Phi) is 3.66. The zero-order valence-electron chi connectivity index (χ0n) is 9.49. The SMILES string of the molecule is C#CCN(CC1CC1)CC1CCC(N)C1. The van der Waals surface area contributed by atoms with Gasteiger partial charge in [-0.1, -0.05) is 5.92 Å². The molecule has 2 N–H and O–H groups in total. The monoisotopic (exact) mass is 206 g/mol. The van der Waals surface area contributed by atoms with Crippen molar-refractivity contribution in [3.63, 3.8) is 0 Å². The first kappa shape index (κ1) is 11.0. The number of rotatable bonds is 5. The molecule has 2 fully saturated rings. The van der Waals surface area contributed by atoms with Crippen LogP contribution in [0.4, 0.5) is 0 Å². The summed E-state index contributed by atoms with van der Waals surface area (Å²) in [4.78, 5) is 2.46. The summed E-state index contributed by atoms with van der Waals surface area (Å²) in [5.74, 6) is 4.52. The lowest BCUT2D eigenvalue weighted by Gasteiger charge is -2.23. The van der Waals surface area contributed by atoms with Crippen molar-refractivity contribution < 1.29 is 0 Å². The molecule has 2 nitrogen and oxygen atoms in total. The molecule has 0 aromatic rings. The Bertz CT molecular complexity index is 239. The van der Waals surface area contributed by atoms with Gasteiger partial charge >= 0.3 is 0 Å². The van der Waals surface area contributed by atoms with Crippen molar-refractivity contribution in [3.05, 3.63) is 0 Å². The van der Waals surface area contributed by atoms with Crippen LogP contribution in [0.25, 0.3) is 0 Å². The molecule has 0 saturated heterocycles. The van der Waals surface area contributed by atoms with Gasteiger partial charge in [-0.3, -0.25) is 4.90 Å². The van der Waals surface area contributed by atoms with Crippen LogP contribution in [0.3, 0.4) is 0 Å². The van der Waals surface area contributed by atoms with E-state index in [1.54, 1.807) is 0 Å². The number of nitrogens with two attached hydrogens (primary N) is 1. The Morgan fingerprint density at radius 3 is 2.33 bits per heavy atom. The molecule has 0 spiro atoms. The number of hydrogen-bond acceptors (Lipinski definition) is 2. The fourth-order valence-electron chi connectivity index (χ4n) is 2.64. The van der Waals surface area contributed by atoms with Gasteiger partial charge in [0, 0.05) is 19.1 Å².